The fraction of sp³-hybridized carbons (Fsp3) is 0.286. The van der Waals surface area contributed by atoms with Crippen molar-refractivity contribution in [1.82, 2.24) is 4.90 Å². The number of amides is 2. The summed E-state index contributed by atoms with van der Waals surface area (Å²) in [5, 5.41) is 1.99. The van der Waals surface area contributed by atoms with Crippen LogP contribution in [0.5, 0.6) is 0 Å². The van der Waals surface area contributed by atoms with Crippen LogP contribution < -0.4 is 5.73 Å². The summed E-state index contributed by atoms with van der Waals surface area (Å²) in [5.41, 5.74) is 6.16. The number of nitrogens with zero attached hydrogens (tertiary/aromatic N) is 1. The smallest absolute Gasteiger partial charge is 0.314 e. The minimum absolute atomic E-state index is 0.405. The summed E-state index contributed by atoms with van der Waals surface area (Å²) in [7, 11) is 1.67. The Morgan fingerprint density at radius 1 is 1.83 bits per heavy atom. The number of urea groups is 1. The first-order chi connectivity index (χ1) is 5.59. The van der Waals surface area contributed by atoms with Crippen molar-refractivity contribution >= 4 is 33.3 Å². The van der Waals surface area contributed by atoms with E-state index in [1.54, 1.807) is 18.4 Å². The molecule has 0 spiro atoms. The fourth-order valence-corrected chi connectivity index (χ4v) is 1.98. The Hall–Kier alpha value is -0.550. The molecule has 2 N–H and O–H groups in total. The zero-order chi connectivity index (χ0) is 9.14. The van der Waals surface area contributed by atoms with Crippen LogP contribution in [0.15, 0.2) is 15.2 Å². The number of rotatable bonds is 2. The highest BCUT2D eigenvalue weighted by atomic mass is 79.9. The summed E-state index contributed by atoms with van der Waals surface area (Å²) in [5.74, 6) is 0. The predicted octanol–water partition coefficient (Wildman–Crippen LogP) is 2.02. The maximum atomic E-state index is 10.7. The molecular weight excluding hydrogens is 240 g/mol. The van der Waals surface area contributed by atoms with Gasteiger partial charge in [-0.15, -0.1) is 11.3 Å². The molecule has 5 heteroatoms. The average molecular weight is 249 g/mol. The van der Waals surface area contributed by atoms with Crippen molar-refractivity contribution in [2.24, 2.45) is 5.73 Å². The topological polar surface area (TPSA) is 46.3 Å². The van der Waals surface area contributed by atoms with Gasteiger partial charge in [0.05, 0.1) is 3.79 Å². The number of thiophene rings is 1. The largest absolute Gasteiger partial charge is 0.351 e. The standard InChI is InChI=1S/C7H9BrN2OS/c1-10(7(9)11)3-5-2-6(8)12-4-5/h2,4H,3H2,1H3,(H2,9,11). The molecule has 0 saturated heterocycles. The van der Waals surface area contributed by atoms with Crippen LogP contribution in [0, 0.1) is 0 Å². The molecule has 0 aromatic carbocycles. The Labute approximate surface area is 83.3 Å². The molecule has 1 heterocycles. The van der Waals surface area contributed by atoms with Gasteiger partial charge in [0.1, 0.15) is 0 Å². The van der Waals surface area contributed by atoms with Crippen LogP contribution in [0.25, 0.3) is 0 Å². The fourth-order valence-electron chi connectivity index (χ4n) is 0.780. The SMILES string of the molecule is CN(Cc1csc(Br)c1)C(N)=O. The van der Waals surface area contributed by atoms with Crippen molar-refractivity contribution in [3.63, 3.8) is 0 Å². The molecule has 0 aliphatic heterocycles. The quantitative estimate of drug-likeness (QED) is 0.856. The first-order valence-corrected chi connectivity index (χ1v) is 5.00. The van der Waals surface area contributed by atoms with Crippen LogP contribution in [0.3, 0.4) is 0 Å². The lowest BCUT2D eigenvalue weighted by Crippen LogP contribution is -2.31. The third-order valence-corrected chi connectivity index (χ3v) is 2.97. The minimum Gasteiger partial charge on any atom is -0.351 e. The Morgan fingerprint density at radius 3 is 2.92 bits per heavy atom. The normalized spacial score (nSPS) is 9.83. The third kappa shape index (κ3) is 2.49. The lowest BCUT2D eigenvalue weighted by Gasteiger charge is -2.11. The van der Waals surface area contributed by atoms with Gasteiger partial charge in [0.25, 0.3) is 0 Å². The lowest BCUT2D eigenvalue weighted by atomic mass is 10.3. The van der Waals surface area contributed by atoms with E-state index in [1.807, 2.05) is 11.4 Å². The summed E-state index contributed by atoms with van der Waals surface area (Å²) in [6, 6.07) is 1.57. The Bertz CT molecular complexity index is 287. The van der Waals surface area contributed by atoms with Crippen LogP contribution in [-0.2, 0) is 6.54 Å². The summed E-state index contributed by atoms with van der Waals surface area (Å²) in [6.07, 6.45) is 0. The second-order valence-electron chi connectivity index (χ2n) is 2.45. The molecule has 2 amide bonds. The van der Waals surface area contributed by atoms with Crippen LogP contribution in [0.1, 0.15) is 5.56 Å². The maximum Gasteiger partial charge on any atom is 0.314 e. The number of hydrogen-bond donors (Lipinski definition) is 1. The lowest BCUT2D eigenvalue weighted by molar-refractivity contribution is 0.216. The summed E-state index contributed by atoms with van der Waals surface area (Å²) in [6.45, 7) is 0.567. The van der Waals surface area contributed by atoms with Crippen LogP contribution in [-0.4, -0.2) is 18.0 Å². The Kier molecular flexibility index (Phi) is 3.11. The molecule has 0 fully saturated rings. The van der Waals surface area contributed by atoms with Gasteiger partial charge >= 0.3 is 6.03 Å². The number of carbonyl (C=O) groups excluding carboxylic acids is 1. The van der Waals surface area contributed by atoms with E-state index in [0.717, 1.165) is 9.35 Å². The van der Waals surface area contributed by atoms with Gasteiger partial charge in [-0.05, 0) is 32.9 Å². The molecule has 0 unspecified atom stereocenters. The highest BCUT2D eigenvalue weighted by Gasteiger charge is 2.04. The van der Waals surface area contributed by atoms with Gasteiger partial charge in [0.2, 0.25) is 0 Å². The van der Waals surface area contributed by atoms with Crippen molar-refractivity contribution < 1.29 is 4.79 Å². The van der Waals surface area contributed by atoms with E-state index in [9.17, 15) is 4.79 Å². The van der Waals surface area contributed by atoms with Crippen molar-refractivity contribution in [1.29, 1.82) is 0 Å². The van der Waals surface area contributed by atoms with E-state index < -0.39 is 6.03 Å². The summed E-state index contributed by atoms with van der Waals surface area (Å²) >= 11 is 4.94. The predicted molar refractivity (Wildman–Crippen MR) is 53.1 cm³/mol. The second-order valence-corrected chi connectivity index (χ2v) is 4.74. The van der Waals surface area contributed by atoms with Crippen LogP contribution in [0.4, 0.5) is 4.79 Å². The molecule has 1 rings (SSSR count). The molecule has 0 bridgehead atoms. The third-order valence-electron chi connectivity index (χ3n) is 1.42. The molecule has 0 aliphatic carbocycles. The van der Waals surface area contributed by atoms with Crippen molar-refractivity contribution in [2.45, 2.75) is 6.54 Å². The molecule has 66 valence electrons. The monoisotopic (exact) mass is 248 g/mol. The van der Waals surface area contributed by atoms with Crippen molar-refractivity contribution in [2.75, 3.05) is 7.05 Å². The number of primary amides is 1. The van der Waals surface area contributed by atoms with Gasteiger partial charge in [-0.3, -0.25) is 0 Å². The molecule has 0 radical (unpaired) electrons. The molecule has 3 nitrogen and oxygen atoms in total. The molecule has 0 saturated carbocycles. The van der Waals surface area contributed by atoms with E-state index >= 15 is 0 Å². The summed E-state index contributed by atoms with van der Waals surface area (Å²) in [4.78, 5) is 12.1. The minimum atomic E-state index is -0.405. The van der Waals surface area contributed by atoms with E-state index in [-0.39, 0.29) is 0 Å². The van der Waals surface area contributed by atoms with Gasteiger partial charge in [0.15, 0.2) is 0 Å². The van der Waals surface area contributed by atoms with E-state index in [1.165, 1.54) is 4.90 Å². The average Bonchev–Trinajstić information content (AvgIpc) is 2.35. The first-order valence-electron chi connectivity index (χ1n) is 3.33. The zero-order valence-corrected chi connectivity index (χ0v) is 8.98. The van der Waals surface area contributed by atoms with Crippen LogP contribution in [0.2, 0.25) is 0 Å². The summed E-state index contributed by atoms with van der Waals surface area (Å²) < 4.78 is 1.07. The van der Waals surface area contributed by atoms with E-state index in [0.29, 0.717) is 6.54 Å². The number of carbonyl (C=O) groups is 1. The highest BCUT2D eigenvalue weighted by Crippen LogP contribution is 2.21. The Morgan fingerprint density at radius 2 is 2.50 bits per heavy atom. The van der Waals surface area contributed by atoms with Gasteiger partial charge in [-0.1, -0.05) is 0 Å². The van der Waals surface area contributed by atoms with E-state index in [2.05, 4.69) is 15.9 Å². The van der Waals surface area contributed by atoms with Gasteiger partial charge < -0.3 is 10.6 Å². The number of nitrogens with two attached hydrogens (primary N) is 1. The highest BCUT2D eigenvalue weighted by molar-refractivity contribution is 9.11. The van der Waals surface area contributed by atoms with Gasteiger partial charge in [0, 0.05) is 13.6 Å². The Balaban J connectivity index is 2.58. The molecular formula is C7H9BrN2OS. The van der Waals surface area contributed by atoms with Crippen molar-refractivity contribution in [3.8, 4) is 0 Å². The molecule has 0 atom stereocenters. The number of hydrogen-bond acceptors (Lipinski definition) is 2. The van der Waals surface area contributed by atoms with Crippen molar-refractivity contribution in [3.05, 3.63) is 20.8 Å². The van der Waals surface area contributed by atoms with Crippen LogP contribution >= 0.6 is 27.3 Å². The second kappa shape index (κ2) is 3.91. The first kappa shape index (κ1) is 9.54. The zero-order valence-electron chi connectivity index (χ0n) is 6.58. The molecule has 12 heavy (non-hydrogen) atoms. The van der Waals surface area contributed by atoms with E-state index in [4.69, 9.17) is 5.73 Å². The maximum absolute atomic E-state index is 10.7. The number of halogens is 1. The van der Waals surface area contributed by atoms with Gasteiger partial charge in [-0.2, -0.15) is 0 Å². The molecule has 0 aliphatic rings. The molecule has 1 aromatic heterocycles. The molecule has 1 aromatic rings. The van der Waals surface area contributed by atoms with Gasteiger partial charge in [-0.25, -0.2) is 4.79 Å².